The molecule has 1 aromatic rings. The van der Waals surface area contributed by atoms with Gasteiger partial charge in [-0.05, 0) is 12.1 Å². The topological polar surface area (TPSA) is 93.1 Å². The Morgan fingerprint density at radius 1 is 1.08 bits per heavy atom. The Morgan fingerprint density at radius 2 is 1.46 bits per heavy atom. The second-order valence-corrected chi connectivity index (χ2v) is 1.98. The van der Waals surface area contributed by atoms with E-state index in [1.54, 1.807) is 0 Å². The minimum Gasteiger partial charge on any atom is -0.543 e. The molecule has 0 bridgehead atoms. The van der Waals surface area contributed by atoms with Crippen LogP contribution in [0.1, 0.15) is 21.0 Å². The number of carbonyl (C=O) groups is 2. The van der Waals surface area contributed by atoms with Gasteiger partial charge in [-0.2, -0.15) is 0 Å². The summed E-state index contributed by atoms with van der Waals surface area (Å²) in [7, 11) is 0. The van der Waals surface area contributed by atoms with Crippen LogP contribution in [0.25, 0.3) is 0 Å². The quantitative estimate of drug-likeness (QED) is 0.494. The summed E-state index contributed by atoms with van der Waals surface area (Å²) in [6.07, 6.45) is 0. The first-order chi connectivity index (χ1) is 5.61. The zero-order valence-corrected chi connectivity index (χ0v) is 8.73. The molecule has 0 radical (unpaired) electrons. The number of hydrogen-bond acceptors (Lipinski definition) is 5. The number of aromatic nitrogens is 1. The second-order valence-electron chi connectivity index (χ2n) is 1.98. The van der Waals surface area contributed by atoms with Gasteiger partial charge in [-0.25, -0.2) is 4.98 Å². The summed E-state index contributed by atoms with van der Waals surface area (Å²) in [4.78, 5) is 23.6. The third kappa shape index (κ3) is 3.30. The molecule has 0 saturated carbocycles. The van der Waals surface area contributed by atoms with Crippen LogP contribution in [0.4, 0.5) is 0 Å². The van der Waals surface area contributed by atoms with Crippen LogP contribution in [-0.2, 0) is 0 Å². The molecule has 0 N–H and O–H groups in total. The van der Waals surface area contributed by atoms with Crippen molar-refractivity contribution in [1.82, 2.24) is 4.98 Å². The molecule has 0 aliphatic heterocycles. The van der Waals surface area contributed by atoms with Gasteiger partial charge in [0.15, 0.2) is 0 Å². The van der Waals surface area contributed by atoms with E-state index in [-0.39, 0.29) is 37.7 Å². The minimum absolute atomic E-state index is 0. The van der Waals surface area contributed by atoms with Gasteiger partial charge in [0, 0.05) is 0 Å². The molecule has 0 unspecified atom stereocenters. The van der Waals surface area contributed by atoms with Crippen LogP contribution < -0.4 is 10.2 Å². The molecule has 0 saturated heterocycles. The smallest absolute Gasteiger partial charge is 0.543 e. The van der Waals surface area contributed by atoms with Crippen molar-refractivity contribution in [3.05, 3.63) is 29.6 Å². The van der Waals surface area contributed by atoms with E-state index in [9.17, 15) is 19.8 Å². The van der Waals surface area contributed by atoms with E-state index >= 15 is 0 Å². The monoisotopic (exact) mass is 205 g/mol. The standard InChI is InChI=1S/C7H5NO4.Ca/c9-6(10)4-2-1-3-5(8-4)7(11)12;/h1-3H,(H,9,10)(H,11,12);/q;+2/p-2. The number of carboxylic acid groups (broad SMARTS) is 2. The third-order valence-electron chi connectivity index (χ3n) is 1.17. The molecule has 1 aromatic heterocycles. The normalized spacial score (nSPS) is 8.62. The molecule has 1 rings (SSSR count). The third-order valence-corrected chi connectivity index (χ3v) is 1.17. The molecule has 1 heterocycles. The summed E-state index contributed by atoms with van der Waals surface area (Å²) in [5, 5.41) is 20.4. The van der Waals surface area contributed by atoms with E-state index in [2.05, 4.69) is 4.98 Å². The molecule has 0 aliphatic carbocycles. The van der Waals surface area contributed by atoms with Gasteiger partial charge in [0.2, 0.25) is 0 Å². The summed E-state index contributed by atoms with van der Waals surface area (Å²) < 4.78 is 0. The Bertz CT molecular complexity index is 310. The number of aromatic carboxylic acids is 2. The van der Waals surface area contributed by atoms with Crippen LogP contribution in [-0.4, -0.2) is 54.7 Å². The van der Waals surface area contributed by atoms with Gasteiger partial charge in [0.25, 0.3) is 0 Å². The predicted octanol–water partition coefficient (Wildman–Crippen LogP) is -2.57. The Kier molecular flexibility index (Phi) is 4.90. The van der Waals surface area contributed by atoms with Crippen molar-refractivity contribution in [2.75, 3.05) is 0 Å². The van der Waals surface area contributed by atoms with Crippen LogP contribution >= 0.6 is 0 Å². The summed E-state index contributed by atoms with van der Waals surface area (Å²) in [5.74, 6) is -3.03. The van der Waals surface area contributed by atoms with Crippen molar-refractivity contribution < 1.29 is 19.8 Å². The van der Waals surface area contributed by atoms with E-state index < -0.39 is 23.3 Å². The zero-order chi connectivity index (χ0) is 9.14. The number of rotatable bonds is 2. The Morgan fingerprint density at radius 3 is 1.77 bits per heavy atom. The Hall–Kier alpha value is -0.650. The first kappa shape index (κ1) is 12.3. The maximum atomic E-state index is 10.2. The zero-order valence-electron chi connectivity index (χ0n) is 6.52. The summed E-state index contributed by atoms with van der Waals surface area (Å²) >= 11 is 0. The van der Waals surface area contributed by atoms with Crippen molar-refractivity contribution in [2.45, 2.75) is 0 Å². The number of carbonyl (C=O) groups excluding carboxylic acids is 2. The summed E-state index contributed by atoms with van der Waals surface area (Å²) in [6, 6.07) is 3.53. The first-order valence-electron chi connectivity index (χ1n) is 3.01. The fourth-order valence-corrected chi connectivity index (χ4v) is 0.662. The van der Waals surface area contributed by atoms with Crippen molar-refractivity contribution >= 4 is 49.7 Å². The second kappa shape index (κ2) is 5.16. The fourth-order valence-electron chi connectivity index (χ4n) is 0.662. The first-order valence-corrected chi connectivity index (χ1v) is 3.01. The average molecular weight is 205 g/mol. The van der Waals surface area contributed by atoms with Crippen molar-refractivity contribution in [1.29, 1.82) is 0 Å². The molecule has 5 nitrogen and oxygen atoms in total. The number of pyridine rings is 1. The van der Waals surface area contributed by atoms with Crippen LogP contribution in [0, 0.1) is 0 Å². The maximum Gasteiger partial charge on any atom is 2.00 e. The molecular formula is C7H3CaNO4. The fraction of sp³-hybridized carbons (Fsp3) is 0. The average Bonchev–Trinajstić information content (AvgIpc) is 2.04. The Balaban J connectivity index is 0.00000144. The number of nitrogens with zero attached hydrogens (tertiary/aromatic N) is 1. The van der Waals surface area contributed by atoms with Gasteiger partial charge >= 0.3 is 37.7 Å². The van der Waals surface area contributed by atoms with Crippen molar-refractivity contribution in [2.24, 2.45) is 0 Å². The van der Waals surface area contributed by atoms with Crippen LogP contribution in [0.5, 0.6) is 0 Å². The minimum atomic E-state index is -1.52. The Labute approximate surface area is 103 Å². The van der Waals surface area contributed by atoms with Crippen molar-refractivity contribution in [3.63, 3.8) is 0 Å². The molecule has 0 fully saturated rings. The molecule has 0 amide bonds. The van der Waals surface area contributed by atoms with Gasteiger partial charge in [-0.15, -0.1) is 0 Å². The van der Waals surface area contributed by atoms with Gasteiger partial charge in [-0.3, -0.25) is 0 Å². The predicted molar refractivity (Wildman–Crippen MR) is 38.7 cm³/mol. The van der Waals surface area contributed by atoms with Gasteiger partial charge < -0.3 is 19.8 Å². The van der Waals surface area contributed by atoms with Crippen molar-refractivity contribution in [3.8, 4) is 0 Å². The van der Waals surface area contributed by atoms with Crippen LogP contribution in [0.3, 0.4) is 0 Å². The molecule has 0 aromatic carbocycles. The SMILES string of the molecule is O=C([O-])c1cccc(C(=O)[O-])n1.[Ca+2]. The number of carboxylic acids is 2. The van der Waals surface area contributed by atoms with Gasteiger partial charge in [0.05, 0.1) is 23.3 Å². The molecule has 6 heteroatoms. The van der Waals surface area contributed by atoms with E-state index in [4.69, 9.17) is 0 Å². The van der Waals surface area contributed by atoms with E-state index in [1.807, 2.05) is 0 Å². The van der Waals surface area contributed by atoms with E-state index in [0.717, 1.165) is 12.1 Å². The van der Waals surface area contributed by atoms with E-state index in [1.165, 1.54) is 6.07 Å². The molecule has 0 atom stereocenters. The largest absolute Gasteiger partial charge is 2.00 e. The molecular weight excluding hydrogens is 202 g/mol. The van der Waals surface area contributed by atoms with Gasteiger partial charge in [-0.1, -0.05) is 6.07 Å². The molecule has 0 spiro atoms. The summed E-state index contributed by atoms with van der Waals surface area (Å²) in [5.41, 5.74) is -0.839. The maximum absolute atomic E-state index is 10.2. The van der Waals surface area contributed by atoms with Gasteiger partial charge in [0.1, 0.15) is 0 Å². The summed E-state index contributed by atoms with van der Waals surface area (Å²) in [6.45, 7) is 0. The molecule has 13 heavy (non-hydrogen) atoms. The number of hydrogen-bond donors (Lipinski definition) is 0. The molecule has 0 aliphatic rings. The van der Waals surface area contributed by atoms with Crippen LogP contribution in [0.2, 0.25) is 0 Å². The van der Waals surface area contributed by atoms with Crippen LogP contribution in [0.15, 0.2) is 18.2 Å². The van der Waals surface area contributed by atoms with E-state index in [0.29, 0.717) is 0 Å². The molecule has 62 valence electrons.